The van der Waals surface area contributed by atoms with Crippen LogP contribution in [0.5, 0.6) is 11.5 Å². The lowest BCUT2D eigenvalue weighted by atomic mass is 10.1. The van der Waals surface area contributed by atoms with E-state index in [0.29, 0.717) is 40.3 Å². The highest BCUT2D eigenvalue weighted by atomic mass is 35.5. The maximum atomic E-state index is 12.5. The molecule has 2 aromatic rings. The van der Waals surface area contributed by atoms with E-state index in [4.69, 9.17) is 21.1 Å². The Kier molecular flexibility index (Phi) is 5.30. The SMILES string of the molecule is Cc1cccc(S(C)=O)c1NC(=O)Cc1cc(Cl)c2c(c1)OCCO2. The lowest BCUT2D eigenvalue weighted by Gasteiger charge is -2.20. The average Bonchev–Trinajstić information content (AvgIpc) is 2.56. The molecule has 0 fully saturated rings. The number of carbonyl (C=O) groups is 1. The van der Waals surface area contributed by atoms with Gasteiger partial charge in [-0.1, -0.05) is 23.7 Å². The van der Waals surface area contributed by atoms with Crippen molar-refractivity contribution in [1.29, 1.82) is 0 Å². The lowest BCUT2D eigenvalue weighted by Crippen LogP contribution is -2.18. The normalized spacial score (nSPS) is 14.0. The molecule has 1 unspecified atom stereocenters. The van der Waals surface area contributed by atoms with E-state index in [-0.39, 0.29) is 12.3 Å². The van der Waals surface area contributed by atoms with E-state index in [1.807, 2.05) is 19.1 Å². The fourth-order valence-corrected chi connectivity index (χ4v) is 3.73. The summed E-state index contributed by atoms with van der Waals surface area (Å²) >= 11 is 6.21. The third-order valence-corrected chi connectivity index (χ3v) is 5.07. The molecule has 1 amide bonds. The zero-order valence-electron chi connectivity index (χ0n) is 13.9. The maximum Gasteiger partial charge on any atom is 0.228 e. The topological polar surface area (TPSA) is 64.6 Å². The monoisotopic (exact) mass is 379 g/mol. The first kappa shape index (κ1) is 17.8. The lowest BCUT2D eigenvalue weighted by molar-refractivity contribution is -0.115. The van der Waals surface area contributed by atoms with Crippen LogP contribution in [0, 0.1) is 6.92 Å². The van der Waals surface area contributed by atoms with Crippen LogP contribution in [0.25, 0.3) is 0 Å². The van der Waals surface area contributed by atoms with Crippen molar-refractivity contribution in [3.05, 3.63) is 46.5 Å². The Labute approximate surface area is 153 Å². The number of halogens is 1. The first-order valence-electron chi connectivity index (χ1n) is 7.76. The highest BCUT2D eigenvalue weighted by molar-refractivity contribution is 7.84. The summed E-state index contributed by atoms with van der Waals surface area (Å²) in [4.78, 5) is 13.1. The number of aryl methyl sites for hydroxylation is 1. The highest BCUT2D eigenvalue weighted by Crippen LogP contribution is 2.38. The van der Waals surface area contributed by atoms with Gasteiger partial charge in [0.2, 0.25) is 5.91 Å². The molecule has 1 heterocycles. The number of hydrogen-bond acceptors (Lipinski definition) is 4. The Hall–Kier alpha value is -2.05. The van der Waals surface area contributed by atoms with Crippen LogP contribution in [-0.4, -0.2) is 29.6 Å². The molecule has 1 aliphatic heterocycles. The van der Waals surface area contributed by atoms with Gasteiger partial charge in [-0.3, -0.25) is 9.00 Å². The molecule has 132 valence electrons. The van der Waals surface area contributed by atoms with Gasteiger partial charge in [0, 0.05) is 6.26 Å². The minimum Gasteiger partial charge on any atom is -0.486 e. The van der Waals surface area contributed by atoms with Crippen molar-refractivity contribution in [2.75, 3.05) is 24.8 Å². The first-order valence-corrected chi connectivity index (χ1v) is 9.70. The van der Waals surface area contributed by atoms with E-state index in [1.165, 1.54) is 0 Å². The van der Waals surface area contributed by atoms with Crippen LogP contribution in [-0.2, 0) is 22.0 Å². The molecule has 0 saturated carbocycles. The molecule has 1 N–H and O–H groups in total. The van der Waals surface area contributed by atoms with Crippen molar-refractivity contribution in [3.63, 3.8) is 0 Å². The van der Waals surface area contributed by atoms with Gasteiger partial charge in [-0.25, -0.2) is 0 Å². The van der Waals surface area contributed by atoms with Crippen LogP contribution < -0.4 is 14.8 Å². The average molecular weight is 380 g/mol. The van der Waals surface area contributed by atoms with Gasteiger partial charge >= 0.3 is 0 Å². The number of para-hydroxylation sites is 1. The zero-order chi connectivity index (χ0) is 18.0. The van der Waals surface area contributed by atoms with Crippen molar-refractivity contribution in [1.82, 2.24) is 0 Å². The molecule has 5 nitrogen and oxygen atoms in total. The standard InChI is InChI=1S/C18H18ClNO4S/c1-11-4-3-5-15(25(2)22)17(11)20-16(21)10-12-8-13(19)18-14(9-12)23-6-7-24-18/h3-5,8-9H,6-7,10H2,1-2H3,(H,20,21). The van der Waals surface area contributed by atoms with Crippen molar-refractivity contribution in [2.24, 2.45) is 0 Å². The van der Waals surface area contributed by atoms with Crippen molar-refractivity contribution < 1.29 is 18.5 Å². The molecule has 0 aliphatic carbocycles. The summed E-state index contributed by atoms with van der Waals surface area (Å²) in [7, 11) is -1.19. The molecule has 0 bridgehead atoms. The molecule has 1 atom stereocenters. The summed E-state index contributed by atoms with van der Waals surface area (Å²) in [6, 6.07) is 8.90. The summed E-state index contributed by atoms with van der Waals surface area (Å²) in [6.45, 7) is 2.78. The van der Waals surface area contributed by atoms with E-state index in [9.17, 15) is 9.00 Å². The van der Waals surface area contributed by atoms with Gasteiger partial charge in [0.15, 0.2) is 11.5 Å². The third kappa shape index (κ3) is 3.96. The fraction of sp³-hybridized carbons (Fsp3) is 0.278. The zero-order valence-corrected chi connectivity index (χ0v) is 15.5. The molecular formula is C18H18ClNO4S. The molecule has 0 saturated heterocycles. The molecule has 0 aromatic heterocycles. The molecule has 0 spiro atoms. The van der Waals surface area contributed by atoms with E-state index in [0.717, 1.165) is 11.1 Å². The summed E-state index contributed by atoms with van der Waals surface area (Å²) in [5.74, 6) is 0.848. The van der Waals surface area contributed by atoms with Gasteiger partial charge < -0.3 is 14.8 Å². The van der Waals surface area contributed by atoms with E-state index >= 15 is 0 Å². The van der Waals surface area contributed by atoms with Crippen LogP contribution >= 0.6 is 11.6 Å². The smallest absolute Gasteiger partial charge is 0.228 e. The summed E-state index contributed by atoms with van der Waals surface area (Å²) in [6.07, 6.45) is 1.71. The van der Waals surface area contributed by atoms with Crippen LogP contribution in [0.3, 0.4) is 0 Å². The number of rotatable bonds is 4. The molecule has 7 heteroatoms. The van der Waals surface area contributed by atoms with Gasteiger partial charge in [-0.05, 0) is 36.2 Å². The Balaban J connectivity index is 1.80. The minimum absolute atomic E-state index is 0.125. The van der Waals surface area contributed by atoms with Crippen LogP contribution in [0.2, 0.25) is 5.02 Å². The summed E-state index contributed by atoms with van der Waals surface area (Å²) < 4.78 is 22.9. The number of nitrogens with one attached hydrogen (secondary N) is 1. The van der Waals surface area contributed by atoms with Crippen LogP contribution in [0.15, 0.2) is 35.2 Å². The second-order valence-electron chi connectivity index (χ2n) is 5.73. The Morgan fingerprint density at radius 2 is 2.04 bits per heavy atom. The van der Waals surface area contributed by atoms with E-state index in [1.54, 1.807) is 24.5 Å². The molecule has 2 aromatic carbocycles. The van der Waals surface area contributed by atoms with Gasteiger partial charge in [0.05, 0.1) is 32.8 Å². The number of carbonyl (C=O) groups excluding carboxylic acids is 1. The molecule has 25 heavy (non-hydrogen) atoms. The predicted octanol–water partition coefficient (Wildman–Crippen LogP) is 3.34. The summed E-state index contributed by atoms with van der Waals surface area (Å²) in [5, 5.41) is 3.28. The fourth-order valence-electron chi connectivity index (χ4n) is 2.68. The van der Waals surface area contributed by atoms with Crippen molar-refractivity contribution >= 4 is 34.0 Å². The first-order chi connectivity index (χ1) is 12.0. The quantitative estimate of drug-likeness (QED) is 0.884. The largest absolute Gasteiger partial charge is 0.486 e. The Morgan fingerprint density at radius 1 is 1.28 bits per heavy atom. The Bertz CT molecular complexity index is 853. The van der Waals surface area contributed by atoms with Crippen molar-refractivity contribution in [2.45, 2.75) is 18.2 Å². The molecule has 3 rings (SSSR count). The third-order valence-electron chi connectivity index (χ3n) is 3.83. The van der Waals surface area contributed by atoms with Gasteiger partial charge in [0.25, 0.3) is 0 Å². The molecule has 0 radical (unpaired) electrons. The number of hydrogen-bond donors (Lipinski definition) is 1. The number of amides is 1. The maximum absolute atomic E-state index is 12.5. The number of benzene rings is 2. The summed E-state index contributed by atoms with van der Waals surface area (Å²) in [5.41, 5.74) is 2.18. The number of ether oxygens (including phenoxy) is 2. The van der Waals surface area contributed by atoms with Gasteiger partial charge in [0.1, 0.15) is 13.2 Å². The number of anilines is 1. The second-order valence-corrected chi connectivity index (χ2v) is 7.48. The van der Waals surface area contributed by atoms with E-state index < -0.39 is 10.8 Å². The van der Waals surface area contributed by atoms with E-state index in [2.05, 4.69) is 5.32 Å². The Morgan fingerprint density at radius 3 is 2.80 bits per heavy atom. The predicted molar refractivity (Wildman–Crippen MR) is 98.3 cm³/mol. The second kappa shape index (κ2) is 7.45. The molecule has 1 aliphatic rings. The van der Waals surface area contributed by atoms with Gasteiger partial charge in [-0.2, -0.15) is 0 Å². The minimum atomic E-state index is -1.19. The highest BCUT2D eigenvalue weighted by Gasteiger charge is 2.18. The van der Waals surface area contributed by atoms with Gasteiger partial charge in [-0.15, -0.1) is 0 Å². The number of fused-ring (bicyclic) bond motifs is 1. The molecular weight excluding hydrogens is 362 g/mol. The van der Waals surface area contributed by atoms with Crippen LogP contribution in [0.1, 0.15) is 11.1 Å². The van der Waals surface area contributed by atoms with Crippen LogP contribution in [0.4, 0.5) is 5.69 Å². The van der Waals surface area contributed by atoms with Crippen molar-refractivity contribution in [3.8, 4) is 11.5 Å².